The van der Waals surface area contributed by atoms with Gasteiger partial charge in [0.05, 0.1) is 13.5 Å². The summed E-state index contributed by atoms with van der Waals surface area (Å²) in [5.74, 6) is -0.286. The number of aromatic nitrogens is 2. The highest BCUT2D eigenvalue weighted by atomic mass is 19.1. The second-order valence-electron chi connectivity index (χ2n) is 3.74. The molecule has 1 aromatic carbocycles. The molecule has 1 atom stereocenters. The van der Waals surface area contributed by atoms with Crippen LogP contribution in [0.25, 0.3) is 5.69 Å². The van der Waals surface area contributed by atoms with E-state index in [-0.39, 0.29) is 17.2 Å². The summed E-state index contributed by atoms with van der Waals surface area (Å²) in [6.45, 7) is 1.74. The largest absolute Gasteiger partial charge is 0.269 e. The van der Waals surface area contributed by atoms with Crippen molar-refractivity contribution in [2.24, 2.45) is 0 Å². The third-order valence-electron chi connectivity index (χ3n) is 2.37. The lowest BCUT2D eigenvalue weighted by atomic mass is 9.88. The second-order valence-corrected chi connectivity index (χ2v) is 3.74. The third kappa shape index (κ3) is 2.28. The molecule has 0 amide bonds. The normalized spacial score (nSPS) is 12.4. The van der Waals surface area contributed by atoms with Crippen molar-refractivity contribution in [1.82, 2.24) is 9.55 Å². The average Bonchev–Trinajstić information content (AvgIpc) is 2.30. The van der Waals surface area contributed by atoms with Gasteiger partial charge >= 0.3 is 0 Å². The van der Waals surface area contributed by atoms with E-state index in [2.05, 4.69) is 4.98 Å². The number of hydrogen-bond donors (Lipinski definition) is 0. The van der Waals surface area contributed by atoms with Crippen LogP contribution in [-0.2, 0) is 0 Å². The van der Waals surface area contributed by atoms with E-state index in [0.717, 1.165) is 0 Å². The number of nitrogens with zero attached hydrogens (tertiary/aromatic N) is 2. The summed E-state index contributed by atoms with van der Waals surface area (Å²) in [4.78, 5) is 15.9. The smallest absolute Gasteiger partial charge is 0.258 e. The molecule has 0 spiro atoms. The summed E-state index contributed by atoms with van der Waals surface area (Å²) in [7, 11) is 5.75. The highest BCUT2D eigenvalue weighted by molar-refractivity contribution is 6.11. The summed E-state index contributed by atoms with van der Waals surface area (Å²) in [6.07, 6.45) is 1.42. The molecule has 1 aromatic heterocycles. The molecular weight excluding hydrogens is 218 g/mol. The van der Waals surface area contributed by atoms with Gasteiger partial charge in [-0.2, -0.15) is 0 Å². The lowest BCUT2D eigenvalue weighted by molar-refractivity contribution is 0.627. The third-order valence-corrected chi connectivity index (χ3v) is 2.37. The van der Waals surface area contributed by atoms with E-state index < -0.39 is 0 Å². The van der Waals surface area contributed by atoms with Crippen molar-refractivity contribution in [3.63, 3.8) is 0 Å². The van der Waals surface area contributed by atoms with Crippen molar-refractivity contribution in [2.45, 2.75) is 12.7 Å². The monoisotopic (exact) mass is 228 g/mol. The Labute approximate surface area is 99.3 Å². The molecule has 0 aliphatic carbocycles. The Bertz CT molecular complexity index is 578. The standard InChI is InChI=1S/C12H10BFN2O/c1-8(13)12-15-7-6-11(17)16(12)10-4-2-9(14)3-5-10/h2-8H,1H3. The summed E-state index contributed by atoms with van der Waals surface area (Å²) >= 11 is 0. The first-order chi connectivity index (χ1) is 8.09. The molecule has 0 fully saturated rings. The van der Waals surface area contributed by atoms with Crippen molar-refractivity contribution < 1.29 is 4.39 Å². The maximum Gasteiger partial charge on any atom is 0.258 e. The fourth-order valence-corrected chi connectivity index (χ4v) is 1.59. The zero-order chi connectivity index (χ0) is 12.4. The van der Waals surface area contributed by atoms with E-state index in [1.54, 1.807) is 6.92 Å². The fourth-order valence-electron chi connectivity index (χ4n) is 1.59. The minimum absolute atomic E-state index is 0.237. The van der Waals surface area contributed by atoms with E-state index in [1.807, 2.05) is 0 Å². The van der Waals surface area contributed by atoms with Crippen LogP contribution in [0.3, 0.4) is 0 Å². The van der Waals surface area contributed by atoms with Gasteiger partial charge in [-0.25, -0.2) is 9.37 Å². The van der Waals surface area contributed by atoms with Gasteiger partial charge in [0.15, 0.2) is 0 Å². The number of benzene rings is 1. The van der Waals surface area contributed by atoms with Crippen molar-refractivity contribution in [1.29, 1.82) is 0 Å². The Morgan fingerprint density at radius 3 is 2.53 bits per heavy atom. The summed E-state index contributed by atoms with van der Waals surface area (Å²) in [5, 5.41) is 0. The fraction of sp³-hybridized carbons (Fsp3) is 0.167. The van der Waals surface area contributed by atoms with Gasteiger partial charge in [0.25, 0.3) is 5.56 Å². The molecule has 17 heavy (non-hydrogen) atoms. The zero-order valence-corrected chi connectivity index (χ0v) is 9.30. The molecule has 84 valence electrons. The molecule has 0 saturated carbocycles. The van der Waals surface area contributed by atoms with E-state index >= 15 is 0 Å². The van der Waals surface area contributed by atoms with Crippen LogP contribution in [-0.4, -0.2) is 17.4 Å². The Morgan fingerprint density at radius 1 is 1.29 bits per heavy atom. The molecule has 0 N–H and O–H groups in total. The highest BCUT2D eigenvalue weighted by Gasteiger charge is 2.10. The van der Waals surface area contributed by atoms with Crippen LogP contribution in [0, 0.1) is 5.82 Å². The lowest BCUT2D eigenvalue weighted by Crippen LogP contribution is -2.23. The molecule has 0 saturated heterocycles. The molecule has 1 unspecified atom stereocenters. The van der Waals surface area contributed by atoms with E-state index in [0.29, 0.717) is 11.5 Å². The molecule has 2 aromatic rings. The van der Waals surface area contributed by atoms with Crippen LogP contribution >= 0.6 is 0 Å². The Morgan fingerprint density at radius 2 is 1.94 bits per heavy atom. The predicted molar refractivity (Wildman–Crippen MR) is 64.0 cm³/mol. The van der Waals surface area contributed by atoms with Crippen LogP contribution in [0.5, 0.6) is 0 Å². The van der Waals surface area contributed by atoms with Crippen LogP contribution < -0.4 is 5.56 Å². The molecule has 2 rings (SSSR count). The van der Waals surface area contributed by atoms with Crippen molar-refractivity contribution in [3.8, 4) is 5.69 Å². The van der Waals surface area contributed by atoms with Gasteiger partial charge in [0, 0.05) is 12.3 Å². The van der Waals surface area contributed by atoms with E-state index in [9.17, 15) is 9.18 Å². The molecule has 0 aliphatic rings. The maximum absolute atomic E-state index is 12.8. The van der Waals surface area contributed by atoms with Crippen molar-refractivity contribution in [3.05, 3.63) is 58.5 Å². The molecule has 2 radical (unpaired) electrons. The summed E-state index contributed by atoms with van der Waals surface area (Å²) < 4.78 is 14.2. The van der Waals surface area contributed by atoms with Crippen molar-refractivity contribution in [2.75, 3.05) is 0 Å². The summed E-state index contributed by atoms with van der Waals surface area (Å²) in [5.41, 5.74) is 0.315. The first-order valence-electron chi connectivity index (χ1n) is 5.19. The Kier molecular flexibility index (Phi) is 3.09. The molecule has 0 bridgehead atoms. The first kappa shape index (κ1) is 11.6. The Hall–Kier alpha value is -1.91. The topological polar surface area (TPSA) is 34.9 Å². The number of rotatable bonds is 2. The number of hydrogen-bond acceptors (Lipinski definition) is 2. The predicted octanol–water partition coefficient (Wildman–Crippen LogP) is 1.60. The van der Waals surface area contributed by atoms with Gasteiger partial charge in [-0.3, -0.25) is 9.36 Å². The van der Waals surface area contributed by atoms with E-state index in [4.69, 9.17) is 7.85 Å². The Balaban J connectivity index is 2.65. The maximum atomic E-state index is 12.8. The molecule has 3 nitrogen and oxygen atoms in total. The van der Waals surface area contributed by atoms with Gasteiger partial charge < -0.3 is 0 Å². The van der Waals surface area contributed by atoms with Gasteiger partial charge in [-0.1, -0.05) is 6.92 Å². The summed E-state index contributed by atoms with van der Waals surface area (Å²) in [6, 6.07) is 6.96. The van der Waals surface area contributed by atoms with Crippen LogP contribution in [0.15, 0.2) is 41.3 Å². The SMILES string of the molecule is [B]C(C)c1nccc(=O)n1-c1ccc(F)cc1. The lowest BCUT2D eigenvalue weighted by Gasteiger charge is -2.13. The minimum Gasteiger partial charge on any atom is -0.269 e. The quantitative estimate of drug-likeness (QED) is 0.731. The minimum atomic E-state index is -0.381. The molecular formula is C12H10BFN2O. The van der Waals surface area contributed by atoms with Crippen molar-refractivity contribution >= 4 is 7.85 Å². The van der Waals surface area contributed by atoms with Crippen LogP contribution in [0.1, 0.15) is 18.6 Å². The van der Waals surface area contributed by atoms with Gasteiger partial charge in [0.1, 0.15) is 11.6 Å². The van der Waals surface area contributed by atoms with Gasteiger partial charge in [-0.05, 0) is 30.1 Å². The van der Waals surface area contributed by atoms with Crippen LogP contribution in [0.2, 0.25) is 0 Å². The molecule has 0 aliphatic heterocycles. The first-order valence-corrected chi connectivity index (χ1v) is 5.19. The number of halogens is 1. The zero-order valence-electron chi connectivity index (χ0n) is 9.30. The molecule has 1 heterocycles. The van der Waals surface area contributed by atoms with E-state index in [1.165, 1.54) is 41.1 Å². The second kappa shape index (κ2) is 4.53. The van der Waals surface area contributed by atoms with Crippen LogP contribution in [0.4, 0.5) is 4.39 Å². The van der Waals surface area contributed by atoms with Gasteiger partial charge in [-0.15, -0.1) is 0 Å². The average molecular weight is 228 g/mol. The van der Waals surface area contributed by atoms with Gasteiger partial charge in [0.2, 0.25) is 0 Å². The molecule has 5 heteroatoms. The highest BCUT2D eigenvalue weighted by Crippen LogP contribution is 2.13.